The maximum Gasteiger partial charge on any atom is 0.187 e. The Hall–Kier alpha value is -3.74. The third kappa shape index (κ3) is 10.2. The lowest BCUT2D eigenvalue weighted by molar-refractivity contribution is -0.317. The Balaban J connectivity index is 1.25. The first-order valence-corrected chi connectivity index (χ1v) is 17.1. The lowest BCUT2D eigenvalue weighted by Gasteiger charge is -2.41. The lowest BCUT2D eigenvalue weighted by atomic mass is 10.0. The van der Waals surface area contributed by atoms with Crippen LogP contribution in [0.4, 0.5) is 0 Å². The van der Waals surface area contributed by atoms with E-state index in [0.717, 1.165) is 22.3 Å². The van der Waals surface area contributed by atoms with Crippen molar-refractivity contribution in [2.24, 2.45) is 0 Å². The molecule has 0 spiro atoms. The fourth-order valence-electron chi connectivity index (χ4n) is 6.07. The predicted molar refractivity (Wildman–Crippen MR) is 187 cm³/mol. The van der Waals surface area contributed by atoms with Gasteiger partial charge in [0.15, 0.2) is 12.6 Å². The van der Waals surface area contributed by atoms with Gasteiger partial charge in [0.05, 0.1) is 46.2 Å². The van der Waals surface area contributed by atoms with Crippen molar-refractivity contribution in [1.29, 1.82) is 0 Å². The minimum absolute atomic E-state index is 0.0894. The molecule has 264 valence electrons. The average molecular weight is 683 g/mol. The molecule has 1 N–H and O–H groups in total. The van der Waals surface area contributed by atoms with Gasteiger partial charge in [0.1, 0.15) is 36.6 Å². The van der Waals surface area contributed by atoms with Gasteiger partial charge in [-0.2, -0.15) is 0 Å². The molecular weight excluding hydrogens is 636 g/mol. The number of rotatable bonds is 18. The maximum atomic E-state index is 11.1. The zero-order valence-corrected chi connectivity index (χ0v) is 28.1. The van der Waals surface area contributed by atoms with Gasteiger partial charge in [-0.1, -0.05) is 127 Å². The van der Waals surface area contributed by atoms with Gasteiger partial charge in [-0.15, -0.1) is 6.58 Å². The second-order valence-electron chi connectivity index (χ2n) is 12.3. The molecule has 4 aromatic rings. The summed E-state index contributed by atoms with van der Waals surface area (Å²) in [5.41, 5.74) is 3.98. The van der Waals surface area contributed by atoms with E-state index in [4.69, 9.17) is 37.9 Å². The molecule has 8 atom stereocenters. The van der Waals surface area contributed by atoms with E-state index in [1.54, 1.807) is 6.08 Å². The molecule has 0 aliphatic carbocycles. The maximum absolute atomic E-state index is 11.1. The van der Waals surface area contributed by atoms with Gasteiger partial charge in [-0.25, -0.2) is 0 Å². The monoisotopic (exact) mass is 682 g/mol. The minimum atomic E-state index is -1.26. The van der Waals surface area contributed by atoms with E-state index in [9.17, 15) is 5.11 Å². The van der Waals surface area contributed by atoms with Gasteiger partial charge in [0.25, 0.3) is 0 Å². The molecule has 0 saturated carbocycles. The molecular formula is C41H46O9. The third-order valence-corrected chi connectivity index (χ3v) is 8.64. The molecule has 2 fully saturated rings. The van der Waals surface area contributed by atoms with Gasteiger partial charge in [0.2, 0.25) is 0 Å². The first kappa shape index (κ1) is 36.1. The number of aliphatic hydroxyl groups excluding tert-OH is 1. The van der Waals surface area contributed by atoms with Gasteiger partial charge in [-0.3, -0.25) is 0 Å². The smallest absolute Gasteiger partial charge is 0.187 e. The lowest BCUT2D eigenvalue weighted by Crippen LogP contribution is -2.57. The minimum Gasteiger partial charge on any atom is -0.374 e. The first-order chi connectivity index (χ1) is 24.7. The second kappa shape index (κ2) is 19.0. The van der Waals surface area contributed by atoms with Gasteiger partial charge < -0.3 is 43.0 Å². The van der Waals surface area contributed by atoms with E-state index in [-0.39, 0.29) is 26.4 Å². The van der Waals surface area contributed by atoms with Crippen LogP contribution < -0.4 is 0 Å². The summed E-state index contributed by atoms with van der Waals surface area (Å²) in [5.74, 6) is 0. The standard InChI is InChI=1S/C41H46O9/c1-2-23-44-36-35(28-43-24-30-15-7-3-8-16-30)49-41(39(36)47-27-33-21-13-6-14-22-33)50-37-34(45-25-31-17-9-4-10-18-31)29-48-40(42)38(37)46-26-32-19-11-5-12-20-32/h2-22,34-42H,1,23-29H2/t34-,35+,36+,37+,38-,39-,40+,41-/m1/s1. The SMILES string of the molecule is C=CCO[C@@H]1[C@@H](OCc2ccccc2)[C@@H](O[C@@H]2[C@@H](OCc3ccccc3)[C@@H](O)OC[C@H]2OCc2ccccc2)O[C@H]1COCc1ccccc1. The quantitative estimate of drug-likeness (QED) is 0.127. The molecule has 0 radical (unpaired) electrons. The average Bonchev–Trinajstić information content (AvgIpc) is 3.49. The zero-order valence-electron chi connectivity index (χ0n) is 28.1. The molecule has 50 heavy (non-hydrogen) atoms. The summed E-state index contributed by atoms with van der Waals surface area (Å²) in [6.07, 6.45) is -4.50. The molecule has 9 heteroatoms. The van der Waals surface area contributed by atoms with Crippen LogP contribution in [0.3, 0.4) is 0 Å². The molecule has 0 unspecified atom stereocenters. The summed E-state index contributed by atoms with van der Waals surface area (Å²) in [7, 11) is 0. The van der Waals surface area contributed by atoms with Gasteiger partial charge in [-0.05, 0) is 22.3 Å². The highest BCUT2D eigenvalue weighted by Gasteiger charge is 2.51. The summed E-state index contributed by atoms with van der Waals surface area (Å²) in [5, 5.41) is 11.1. The fraction of sp³-hybridized carbons (Fsp3) is 0.366. The first-order valence-electron chi connectivity index (χ1n) is 17.1. The van der Waals surface area contributed by atoms with E-state index in [1.165, 1.54) is 0 Å². The van der Waals surface area contributed by atoms with Crippen molar-refractivity contribution >= 4 is 0 Å². The van der Waals surface area contributed by atoms with Crippen LogP contribution in [0, 0.1) is 0 Å². The molecule has 0 amide bonds. The second-order valence-corrected chi connectivity index (χ2v) is 12.3. The van der Waals surface area contributed by atoms with Crippen molar-refractivity contribution in [1.82, 2.24) is 0 Å². The summed E-state index contributed by atoms with van der Waals surface area (Å²) in [4.78, 5) is 0. The van der Waals surface area contributed by atoms with Crippen LogP contribution in [0.1, 0.15) is 22.3 Å². The highest BCUT2D eigenvalue weighted by molar-refractivity contribution is 5.16. The topological polar surface area (TPSA) is 94.1 Å². The van der Waals surface area contributed by atoms with Crippen LogP contribution in [-0.4, -0.2) is 74.1 Å². The zero-order chi connectivity index (χ0) is 34.4. The molecule has 2 aliphatic heterocycles. The number of benzene rings is 4. The van der Waals surface area contributed by atoms with Crippen molar-refractivity contribution in [3.05, 3.63) is 156 Å². The Morgan fingerprint density at radius 1 is 0.600 bits per heavy atom. The van der Waals surface area contributed by atoms with E-state index in [0.29, 0.717) is 19.8 Å². The molecule has 2 saturated heterocycles. The van der Waals surface area contributed by atoms with Crippen molar-refractivity contribution in [3.8, 4) is 0 Å². The molecule has 0 aromatic heterocycles. The highest BCUT2D eigenvalue weighted by Crippen LogP contribution is 2.33. The summed E-state index contributed by atoms with van der Waals surface area (Å²) < 4.78 is 51.0. The van der Waals surface area contributed by atoms with Crippen molar-refractivity contribution in [2.75, 3.05) is 19.8 Å². The van der Waals surface area contributed by atoms with Gasteiger partial charge in [0, 0.05) is 0 Å². The molecule has 2 aliphatic rings. The Morgan fingerprint density at radius 3 is 1.64 bits per heavy atom. The molecule has 2 heterocycles. The van der Waals surface area contributed by atoms with Gasteiger partial charge >= 0.3 is 0 Å². The fourth-order valence-corrected chi connectivity index (χ4v) is 6.07. The summed E-state index contributed by atoms with van der Waals surface area (Å²) >= 11 is 0. The number of aliphatic hydroxyl groups is 1. The predicted octanol–water partition coefficient (Wildman–Crippen LogP) is 5.99. The van der Waals surface area contributed by atoms with Crippen LogP contribution in [0.25, 0.3) is 0 Å². The Labute approximate surface area is 294 Å². The Bertz CT molecular complexity index is 1530. The van der Waals surface area contributed by atoms with Crippen LogP contribution in [0.5, 0.6) is 0 Å². The Morgan fingerprint density at radius 2 is 1.10 bits per heavy atom. The number of hydrogen-bond donors (Lipinski definition) is 1. The number of hydrogen-bond acceptors (Lipinski definition) is 9. The van der Waals surface area contributed by atoms with Crippen molar-refractivity contribution < 1.29 is 43.0 Å². The van der Waals surface area contributed by atoms with E-state index in [2.05, 4.69) is 6.58 Å². The van der Waals surface area contributed by atoms with Crippen molar-refractivity contribution in [3.63, 3.8) is 0 Å². The molecule has 6 rings (SSSR count). The molecule has 9 nitrogen and oxygen atoms in total. The molecule has 4 aromatic carbocycles. The van der Waals surface area contributed by atoms with E-state index in [1.807, 2.05) is 121 Å². The van der Waals surface area contributed by atoms with Crippen molar-refractivity contribution in [2.45, 2.75) is 75.6 Å². The van der Waals surface area contributed by atoms with E-state index < -0.39 is 49.2 Å². The largest absolute Gasteiger partial charge is 0.374 e. The summed E-state index contributed by atoms with van der Waals surface area (Å²) in [6.45, 7) is 5.72. The van der Waals surface area contributed by atoms with Crippen LogP contribution >= 0.6 is 0 Å². The highest BCUT2D eigenvalue weighted by atomic mass is 16.8. The third-order valence-electron chi connectivity index (χ3n) is 8.64. The van der Waals surface area contributed by atoms with E-state index >= 15 is 0 Å². The van der Waals surface area contributed by atoms with Crippen LogP contribution in [-0.2, 0) is 64.3 Å². The van der Waals surface area contributed by atoms with Crippen LogP contribution in [0.15, 0.2) is 134 Å². The Kier molecular flexibility index (Phi) is 13.7. The summed E-state index contributed by atoms with van der Waals surface area (Å²) in [6, 6.07) is 39.5. The van der Waals surface area contributed by atoms with Crippen LogP contribution in [0.2, 0.25) is 0 Å². The normalized spacial score (nSPS) is 26.5. The number of ether oxygens (including phenoxy) is 8. The molecule has 0 bridgehead atoms.